The smallest absolute Gasteiger partial charge is 0.269 e. The first-order valence-corrected chi connectivity index (χ1v) is 12.0. The number of fused-ring (bicyclic) bond motifs is 1. The number of nitrogens with zero attached hydrogens (tertiary/aromatic N) is 2. The van der Waals surface area contributed by atoms with Crippen LogP contribution in [0.25, 0.3) is 16.6 Å². The second kappa shape index (κ2) is 8.42. The fourth-order valence-electron chi connectivity index (χ4n) is 4.10. The summed E-state index contributed by atoms with van der Waals surface area (Å²) in [6.07, 6.45) is 0. The van der Waals surface area contributed by atoms with Crippen LogP contribution in [0.2, 0.25) is 0 Å². The largest absolute Gasteiger partial charge is 0.313 e. The summed E-state index contributed by atoms with van der Waals surface area (Å²) in [6, 6.07) is 16.1. The second-order valence-electron chi connectivity index (χ2n) is 8.23. The van der Waals surface area contributed by atoms with E-state index in [-0.39, 0.29) is 16.4 Å². The summed E-state index contributed by atoms with van der Waals surface area (Å²) in [7, 11) is -4.00. The highest BCUT2D eigenvalue weighted by Crippen LogP contribution is 2.34. The molecule has 0 saturated heterocycles. The molecule has 1 N–H and O–H groups in total. The molecule has 34 heavy (non-hydrogen) atoms. The van der Waals surface area contributed by atoms with Crippen LogP contribution in [0.15, 0.2) is 65.6 Å². The van der Waals surface area contributed by atoms with Gasteiger partial charge >= 0.3 is 0 Å². The van der Waals surface area contributed by atoms with Crippen molar-refractivity contribution < 1.29 is 18.1 Å². The lowest BCUT2D eigenvalue weighted by molar-refractivity contribution is -0.384. The van der Waals surface area contributed by atoms with Gasteiger partial charge in [-0.25, -0.2) is 8.42 Å². The first-order chi connectivity index (χ1) is 16.0. The predicted octanol–water partition coefficient (Wildman–Crippen LogP) is 5.47. The number of carbonyl (C=O) groups excluding carboxylic acids is 1. The summed E-state index contributed by atoms with van der Waals surface area (Å²) in [5.41, 5.74) is 4.89. The summed E-state index contributed by atoms with van der Waals surface area (Å²) >= 11 is 0. The molecule has 9 heteroatoms. The number of aryl methyl sites for hydroxylation is 2. The monoisotopic (exact) mass is 477 g/mol. The molecule has 0 aliphatic rings. The van der Waals surface area contributed by atoms with Crippen molar-refractivity contribution in [3.63, 3.8) is 0 Å². The number of ketones is 1. The highest BCUT2D eigenvalue weighted by molar-refractivity contribution is 7.92. The number of hydrogen-bond acceptors (Lipinski definition) is 5. The van der Waals surface area contributed by atoms with Crippen LogP contribution < -0.4 is 4.72 Å². The number of Topliss-reactive ketones (excluding diaryl/α,β-unsaturated/α-hetero) is 1. The van der Waals surface area contributed by atoms with E-state index < -0.39 is 14.9 Å². The number of non-ortho nitro benzene ring substituents is 1. The van der Waals surface area contributed by atoms with Gasteiger partial charge in [0.05, 0.1) is 21.0 Å². The average molecular weight is 478 g/mol. The lowest BCUT2D eigenvalue weighted by Gasteiger charge is -2.13. The van der Waals surface area contributed by atoms with E-state index in [1.165, 1.54) is 19.1 Å². The Bertz CT molecular complexity index is 1550. The number of rotatable bonds is 6. The van der Waals surface area contributed by atoms with E-state index in [0.29, 0.717) is 22.2 Å². The number of nitro groups is 1. The Morgan fingerprint density at radius 3 is 2.15 bits per heavy atom. The third kappa shape index (κ3) is 4.06. The van der Waals surface area contributed by atoms with Gasteiger partial charge in [0.2, 0.25) is 0 Å². The van der Waals surface area contributed by atoms with Gasteiger partial charge in [-0.15, -0.1) is 0 Å². The molecule has 4 rings (SSSR count). The zero-order valence-corrected chi connectivity index (χ0v) is 19.9. The minimum absolute atomic E-state index is 0.0993. The maximum absolute atomic E-state index is 13.0. The van der Waals surface area contributed by atoms with Crippen LogP contribution in [0.4, 0.5) is 11.4 Å². The van der Waals surface area contributed by atoms with Gasteiger partial charge in [0.1, 0.15) is 0 Å². The van der Waals surface area contributed by atoms with Crippen molar-refractivity contribution in [2.24, 2.45) is 0 Å². The van der Waals surface area contributed by atoms with E-state index >= 15 is 0 Å². The molecule has 0 atom stereocenters. The second-order valence-corrected chi connectivity index (χ2v) is 9.91. The van der Waals surface area contributed by atoms with Gasteiger partial charge in [0.25, 0.3) is 15.7 Å². The molecular weight excluding hydrogens is 454 g/mol. The molecule has 0 unspecified atom stereocenters. The summed E-state index contributed by atoms with van der Waals surface area (Å²) in [5.74, 6) is -0.124. The fraction of sp³-hybridized carbons (Fsp3) is 0.160. The van der Waals surface area contributed by atoms with Crippen LogP contribution in [0.3, 0.4) is 0 Å². The van der Waals surface area contributed by atoms with Crippen molar-refractivity contribution in [3.8, 4) is 5.69 Å². The topological polar surface area (TPSA) is 111 Å². The zero-order valence-electron chi connectivity index (χ0n) is 19.1. The van der Waals surface area contributed by atoms with Crippen LogP contribution in [-0.2, 0) is 10.0 Å². The molecule has 0 fully saturated rings. The van der Waals surface area contributed by atoms with Crippen LogP contribution in [0, 0.1) is 30.9 Å². The Morgan fingerprint density at radius 1 is 0.971 bits per heavy atom. The predicted molar refractivity (Wildman–Crippen MR) is 131 cm³/mol. The molecule has 0 saturated carbocycles. The van der Waals surface area contributed by atoms with Crippen LogP contribution in [0.1, 0.15) is 34.1 Å². The number of nitro benzene ring substituents is 1. The first-order valence-electron chi connectivity index (χ1n) is 10.5. The normalized spacial score (nSPS) is 11.5. The lowest BCUT2D eigenvalue weighted by atomic mass is 10.1. The number of nitrogens with one attached hydrogen (secondary N) is 1. The number of sulfonamides is 1. The quantitative estimate of drug-likeness (QED) is 0.225. The lowest BCUT2D eigenvalue weighted by Crippen LogP contribution is -2.14. The Hall–Kier alpha value is -3.98. The van der Waals surface area contributed by atoms with Crippen molar-refractivity contribution in [2.75, 3.05) is 4.72 Å². The summed E-state index contributed by atoms with van der Waals surface area (Å²) < 4.78 is 30.5. The number of carbonyl (C=O) groups is 1. The van der Waals surface area contributed by atoms with Gasteiger partial charge < -0.3 is 4.57 Å². The van der Waals surface area contributed by atoms with E-state index in [9.17, 15) is 23.3 Å². The molecule has 1 aromatic heterocycles. The number of benzene rings is 3. The van der Waals surface area contributed by atoms with E-state index in [0.717, 1.165) is 34.6 Å². The first kappa shape index (κ1) is 23.2. The van der Waals surface area contributed by atoms with Crippen LogP contribution >= 0.6 is 0 Å². The average Bonchev–Trinajstić information content (AvgIpc) is 3.05. The van der Waals surface area contributed by atoms with Crippen molar-refractivity contribution >= 4 is 38.1 Å². The molecule has 8 nitrogen and oxygen atoms in total. The molecular formula is C25H23N3O5S. The Morgan fingerprint density at radius 2 is 1.59 bits per heavy atom. The molecule has 174 valence electrons. The third-order valence-electron chi connectivity index (χ3n) is 5.80. The van der Waals surface area contributed by atoms with Gasteiger partial charge in [-0.2, -0.15) is 0 Å². The molecule has 4 aromatic rings. The van der Waals surface area contributed by atoms with Gasteiger partial charge in [-0.3, -0.25) is 19.6 Å². The van der Waals surface area contributed by atoms with Crippen molar-refractivity contribution in [1.29, 1.82) is 0 Å². The van der Waals surface area contributed by atoms with Crippen molar-refractivity contribution in [1.82, 2.24) is 4.57 Å². The van der Waals surface area contributed by atoms with E-state index in [1.807, 2.05) is 48.7 Å². The molecule has 1 heterocycles. The molecule has 3 aromatic carbocycles. The Kier molecular flexibility index (Phi) is 5.74. The molecule has 0 spiro atoms. The zero-order chi connectivity index (χ0) is 24.8. The van der Waals surface area contributed by atoms with E-state index in [2.05, 4.69) is 4.72 Å². The minimum atomic E-state index is -4.00. The highest BCUT2D eigenvalue weighted by Gasteiger charge is 2.22. The Labute approximate surface area is 197 Å². The maximum atomic E-state index is 13.0. The van der Waals surface area contributed by atoms with Crippen LogP contribution in [0.5, 0.6) is 0 Å². The maximum Gasteiger partial charge on any atom is 0.269 e. The summed E-state index contributed by atoms with van der Waals surface area (Å²) in [4.78, 5) is 22.7. The van der Waals surface area contributed by atoms with Crippen LogP contribution in [-0.4, -0.2) is 23.7 Å². The van der Waals surface area contributed by atoms with E-state index in [4.69, 9.17) is 0 Å². The number of aromatic nitrogens is 1. The van der Waals surface area contributed by atoms with Gasteiger partial charge in [-0.1, -0.05) is 17.7 Å². The molecule has 0 aliphatic heterocycles. The third-order valence-corrected chi connectivity index (χ3v) is 7.18. The molecule has 0 amide bonds. The summed E-state index contributed by atoms with van der Waals surface area (Å²) in [6.45, 7) is 7.13. The molecule has 0 bridgehead atoms. The number of hydrogen-bond donors (Lipinski definition) is 1. The SMILES string of the molecule is CC(=O)c1c(C)n(-c2ccc(C)cc2)c2cc(C)c(NS(=O)(=O)c3ccc([N+](=O)[O-])cc3)cc12. The highest BCUT2D eigenvalue weighted by atomic mass is 32.2. The van der Waals surface area contributed by atoms with Crippen molar-refractivity contribution in [2.45, 2.75) is 32.6 Å². The fourth-order valence-corrected chi connectivity index (χ4v) is 5.22. The van der Waals surface area contributed by atoms with Crippen molar-refractivity contribution in [3.05, 3.63) is 93.2 Å². The minimum Gasteiger partial charge on any atom is -0.313 e. The summed E-state index contributed by atoms with van der Waals surface area (Å²) in [5, 5.41) is 11.5. The Balaban J connectivity index is 1.85. The van der Waals surface area contributed by atoms with Gasteiger partial charge in [0, 0.05) is 34.5 Å². The van der Waals surface area contributed by atoms with Gasteiger partial charge in [-0.05, 0) is 69.7 Å². The van der Waals surface area contributed by atoms with Gasteiger partial charge in [0.15, 0.2) is 5.78 Å². The molecule has 0 radical (unpaired) electrons. The number of anilines is 1. The molecule has 0 aliphatic carbocycles. The van der Waals surface area contributed by atoms with E-state index in [1.54, 1.807) is 13.0 Å². The standard InChI is InChI=1S/C25H23N3O5S/c1-15-5-7-19(8-6-15)27-17(3)25(18(4)29)22-14-23(16(2)13-24(22)27)26-34(32,33)21-11-9-20(10-12-21)28(30)31/h5-14,26H,1-4H3.